The summed E-state index contributed by atoms with van der Waals surface area (Å²) in [6.45, 7) is 3.89. The Bertz CT molecular complexity index is 1020. The van der Waals surface area contributed by atoms with Gasteiger partial charge in [0.25, 0.3) is 0 Å². The van der Waals surface area contributed by atoms with E-state index in [9.17, 15) is 14.4 Å². The van der Waals surface area contributed by atoms with Crippen LogP contribution in [0, 0.1) is 5.41 Å². The maximum atomic E-state index is 13.4. The number of nitrogens with one attached hydrogen (secondary N) is 1. The van der Waals surface area contributed by atoms with Crippen molar-refractivity contribution in [1.82, 2.24) is 0 Å². The molecule has 2 aliphatic heterocycles. The minimum Gasteiger partial charge on any atom is -0.465 e. The average Bonchev–Trinajstić information content (AvgIpc) is 2.85. The number of esters is 1. The molecule has 1 amide bonds. The summed E-state index contributed by atoms with van der Waals surface area (Å²) in [6.07, 6.45) is 0.642. The Balaban J connectivity index is 2.11. The van der Waals surface area contributed by atoms with E-state index in [4.69, 9.17) is 15.2 Å². The second-order valence-electron chi connectivity index (χ2n) is 7.97. The molecule has 28 heavy (non-hydrogen) atoms. The summed E-state index contributed by atoms with van der Waals surface area (Å²) in [5, 5.41) is 2.79. The zero-order valence-electron chi connectivity index (χ0n) is 15.6. The minimum absolute atomic E-state index is 0.163. The molecule has 0 radical (unpaired) electrons. The van der Waals surface area contributed by atoms with E-state index < -0.39 is 17.3 Å². The fourth-order valence-electron chi connectivity index (χ4n) is 4.39. The van der Waals surface area contributed by atoms with E-state index >= 15 is 0 Å². The number of hydrogen-bond acceptors (Lipinski definition) is 6. The molecule has 1 spiro atoms. The van der Waals surface area contributed by atoms with Crippen LogP contribution in [0.1, 0.15) is 32.3 Å². The van der Waals surface area contributed by atoms with Crippen LogP contribution in [0.25, 0.3) is 0 Å². The predicted octanol–water partition coefficient (Wildman–Crippen LogP) is 2.66. The van der Waals surface area contributed by atoms with Gasteiger partial charge in [-0.15, -0.1) is 0 Å². The fraction of sp³-hybridized carbons (Fsp3) is 0.350. The summed E-state index contributed by atoms with van der Waals surface area (Å²) in [4.78, 5) is 39.4. The zero-order chi connectivity index (χ0) is 20.4. The van der Waals surface area contributed by atoms with Crippen LogP contribution in [0.5, 0.6) is 0 Å². The minimum atomic E-state index is -1.70. The highest BCUT2D eigenvalue weighted by Crippen LogP contribution is 2.56. The van der Waals surface area contributed by atoms with Crippen molar-refractivity contribution in [3.05, 3.63) is 51.0 Å². The summed E-state index contributed by atoms with van der Waals surface area (Å²) < 4.78 is 11.3. The molecule has 146 valence electrons. The van der Waals surface area contributed by atoms with Crippen LogP contribution in [0.15, 0.2) is 45.5 Å². The lowest BCUT2D eigenvalue weighted by Crippen LogP contribution is -2.50. The van der Waals surface area contributed by atoms with E-state index in [2.05, 4.69) is 21.2 Å². The van der Waals surface area contributed by atoms with Gasteiger partial charge in [0.2, 0.25) is 11.8 Å². The van der Waals surface area contributed by atoms with Crippen LogP contribution in [0.2, 0.25) is 0 Å². The molecule has 0 fully saturated rings. The van der Waals surface area contributed by atoms with Gasteiger partial charge in [0, 0.05) is 28.6 Å². The third-order valence-electron chi connectivity index (χ3n) is 5.43. The molecule has 0 saturated carbocycles. The van der Waals surface area contributed by atoms with Gasteiger partial charge in [-0.1, -0.05) is 29.8 Å². The molecule has 3 N–H and O–H groups in total. The number of anilines is 1. The molecule has 3 aliphatic rings. The average molecular weight is 447 g/mol. The van der Waals surface area contributed by atoms with Crippen molar-refractivity contribution in [2.75, 3.05) is 12.4 Å². The quantitative estimate of drug-likeness (QED) is 0.641. The molecule has 2 heterocycles. The first-order valence-corrected chi connectivity index (χ1v) is 9.56. The third-order valence-corrected chi connectivity index (χ3v) is 5.92. The normalized spacial score (nSPS) is 25.3. The number of carbonyl (C=O) groups excluding carboxylic acids is 3. The number of nitrogens with two attached hydrogens (primary N) is 1. The second kappa shape index (κ2) is 5.94. The number of ether oxygens (including phenoxy) is 2. The standard InChI is InChI=1S/C20H19BrN2O5/c1-19(2)7-12(24)14-13(8-19)28-16(22)15(17(25)27-3)20(14)10-6-9(21)4-5-11(10)23-18(20)26/h4-6H,7-8,22H2,1-3H3,(H,23,26)/t20-/m0/s1. The summed E-state index contributed by atoms with van der Waals surface area (Å²) in [5.41, 5.74) is 5.05. The number of rotatable bonds is 1. The Morgan fingerprint density at radius 2 is 2.00 bits per heavy atom. The molecule has 1 aromatic carbocycles. The van der Waals surface area contributed by atoms with Crippen molar-refractivity contribution in [3.63, 3.8) is 0 Å². The number of Topliss-reactive ketones (excluding diaryl/α,β-unsaturated/α-hetero) is 1. The summed E-state index contributed by atoms with van der Waals surface area (Å²) >= 11 is 3.41. The highest BCUT2D eigenvalue weighted by Gasteiger charge is 2.62. The van der Waals surface area contributed by atoms with Crippen molar-refractivity contribution in [2.45, 2.75) is 32.1 Å². The summed E-state index contributed by atoms with van der Waals surface area (Å²) in [6, 6.07) is 5.19. The van der Waals surface area contributed by atoms with Crippen LogP contribution in [-0.4, -0.2) is 24.8 Å². The lowest BCUT2D eigenvalue weighted by Gasteiger charge is -2.41. The SMILES string of the molecule is COC(=O)C1=C(N)OC2=C(C(=O)CC(C)(C)C2)[C@]12C(=O)Nc1ccc(Br)cc12. The van der Waals surface area contributed by atoms with Gasteiger partial charge < -0.3 is 20.5 Å². The Kier molecular flexibility index (Phi) is 3.98. The lowest BCUT2D eigenvalue weighted by molar-refractivity contribution is -0.139. The first kappa shape index (κ1) is 18.7. The Hall–Kier alpha value is -2.61. The third kappa shape index (κ3) is 2.37. The number of hydrogen-bond donors (Lipinski definition) is 2. The molecule has 7 nitrogen and oxygen atoms in total. The van der Waals surface area contributed by atoms with Gasteiger partial charge in [-0.3, -0.25) is 9.59 Å². The second-order valence-corrected chi connectivity index (χ2v) is 8.88. The number of halogens is 1. The monoisotopic (exact) mass is 446 g/mol. The largest absolute Gasteiger partial charge is 0.465 e. The molecular weight excluding hydrogens is 428 g/mol. The molecule has 0 aromatic heterocycles. The number of fused-ring (bicyclic) bond motifs is 3. The van der Waals surface area contributed by atoms with Crippen molar-refractivity contribution >= 4 is 39.3 Å². The van der Waals surface area contributed by atoms with Gasteiger partial charge in [-0.2, -0.15) is 0 Å². The number of carbonyl (C=O) groups is 3. The topological polar surface area (TPSA) is 108 Å². The van der Waals surface area contributed by atoms with Gasteiger partial charge in [-0.25, -0.2) is 4.79 Å². The lowest BCUT2D eigenvalue weighted by atomic mass is 9.62. The molecule has 8 heteroatoms. The molecule has 1 aliphatic carbocycles. The van der Waals surface area contributed by atoms with Gasteiger partial charge in [0.1, 0.15) is 16.7 Å². The van der Waals surface area contributed by atoms with Crippen LogP contribution in [0.3, 0.4) is 0 Å². The van der Waals surface area contributed by atoms with Crippen molar-refractivity contribution in [3.8, 4) is 0 Å². The van der Waals surface area contributed by atoms with Gasteiger partial charge in [0.05, 0.1) is 12.7 Å². The predicted molar refractivity (Wildman–Crippen MR) is 104 cm³/mol. The van der Waals surface area contributed by atoms with E-state index in [1.165, 1.54) is 7.11 Å². The Morgan fingerprint density at radius 1 is 1.29 bits per heavy atom. The maximum Gasteiger partial charge on any atom is 0.340 e. The van der Waals surface area contributed by atoms with E-state index in [1.807, 2.05) is 13.8 Å². The maximum absolute atomic E-state index is 13.4. The van der Waals surface area contributed by atoms with E-state index in [1.54, 1.807) is 18.2 Å². The fourth-order valence-corrected chi connectivity index (χ4v) is 4.75. The number of allylic oxidation sites excluding steroid dienone is 1. The highest BCUT2D eigenvalue weighted by molar-refractivity contribution is 9.10. The number of benzene rings is 1. The zero-order valence-corrected chi connectivity index (χ0v) is 17.2. The van der Waals surface area contributed by atoms with Crippen LogP contribution < -0.4 is 11.1 Å². The molecule has 1 atom stereocenters. The highest BCUT2D eigenvalue weighted by atomic mass is 79.9. The Morgan fingerprint density at radius 3 is 2.68 bits per heavy atom. The van der Waals surface area contributed by atoms with E-state index in [-0.39, 0.29) is 34.6 Å². The molecule has 4 rings (SSSR count). The molecule has 0 saturated heterocycles. The molecule has 0 unspecified atom stereocenters. The smallest absolute Gasteiger partial charge is 0.340 e. The van der Waals surface area contributed by atoms with E-state index in [0.717, 1.165) is 0 Å². The first-order chi connectivity index (χ1) is 13.1. The molecule has 0 bridgehead atoms. The van der Waals surface area contributed by atoms with Crippen molar-refractivity contribution in [2.24, 2.45) is 11.1 Å². The molecular formula is C20H19BrN2O5. The number of ketones is 1. The Labute approximate surface area is 170 Å². The van der Waals surface area contributed by atoms with E-state index in [0.29, 0.717) is 27.9 Å². The van der Waals surface area contributed by atoms with Gasteiger partial charge >= 0.3 is 5.97 Å². The first-order valence-electron chi connectivity index (χ1n) is 8.76. The summed E-state index contributed by atoms with van der Waals surface area (Å²) in [5.74, 6) is -1.48. The van der Waals surface area contributed by atoms with Gasteiger partial charge in [0.15, 0.2) is 5.78 Å². The number of amides is 1. The summed E-state index contributed by atoms with van der Waals surface area (Å²) in [7, 11) is 1.20. The van der Waals surface area contributed by atoms with Crippen molar-refractivity contribution < 1.29 is 23.9 Å². The van der Waals surface area contributed by atoms with Crippen molar-refractivity contribution in [1.29, 1.82) is 0 Å². The van der Waals surface area contributed by atoms with Crippen LogP contribution in [-0.2, 0) is 29.3 Å². The van der Waals surface area contributed by atoms with Crippen LogP contribution in [0.4, 0.5) is 5.69 Å². The van der Waals surface area contributed by atoms with Crippen LogP contribution >= 0.6 is 15.9 Å². The molecule has 1 aromatic rings. The number of methoxy groups -OCH3 is 1. The van der Waals surface area contributed by atoms with Gasteiger partial charge in [-0.05, 0) is 23.6 Å².